The fraction of sp³-hybridized carbons (Fsp3) is 0.667. The molecule has 1 heterocycles. The lowest BCUT2D eigenvalue weighted by Gasteiger charge is -2.20. The Morgan fingerprint density at radius 1 is 1.47 bits per heavy atom. The summed E-state index contributed by atoms with van der Waals surface area (Å²) in [6.45, 7) is 0.278. The summed E-state index contributed by atoms with van der Waals surface area (Å²) in [7, 11) is -5.68. The van der Waals surface area contributed by atoms with Crippen molar-refractivity contribution in [1.29, 1.82) is 0 Å². The SMILES string of the molecule is O=C(O)N1CCC2C=C(OS(=O)(=O)C(F)(F)F)CC21. The van der Waals surface area contributed by atoms with Gasteiger partial charge in [0.1, 0.15) is 5.76 Å². The Morgan fingerprint density at radius 2 is 2.11 bits per heavy atom. The van der Waals surface area contributed by atoms with Crippen LogP contribution in [0.2, 0.25) is 0 Å². The van der Waals surface area contributed by atoms with Gasteiger partial charge in [0, 0.05) is 24.9 Å². The summed E-state index contributed by atoms with van der Waals surface area (Å²) in [5.41, 5.74) is -5.49. The van der Waals surface area contributed by atoms with Gasteiger partial charge in [-0.25, -0.2) is 4.79 Å². The number of halogens is 3. The first-order chi connectivity index (χ1) is 8.62. The van der Waals surface area contributed by atoms with Crippen LogP contribution in [0.4, 0.5) is 18.0 Å². The highest BCUT2D eigenvalue weighted by Gasteiger charge is 2.50. The minimum atomic E-state index is -5.68. The number of rotatable bonds is 2. The molecule has 108 valence electrons. The van der Waals surface area contributed by atoms with E-state index in [1.807, 2.05) is 0 Å². The van der Waals surface area contributed by atoms with E-state index in [1.54, 1.807) is 0 Å². The second kappa shape index (κ2) is 4.29. The summed E-state index contributed by atoms with van der Waals surface area (Å²) in [5, 5.41) is 8.87. The fourth-order valence-electron chi connectivity index (χ4n) is 2.33. The second-order valence-corrected chi connectivity index (χ2v) is 5.85. The van der Waals surface area contributed by atoms with Gasteiger partial charge >= 0.3 is 21.7 Å². The number of nitrogens with zero attached hydrogens (tertiary/aromatic N) is 1. The van der Waals surface area contributed by atoms with E-state index in [9.17, 15) is 26.4 Å². The van der Waals surface area contributed by atoms with E-state index in [0.29, 0.717) is 6.42 Å². The summed E-state index contributed by atoms with van der Waals surface area (Å²) < 4.78 is 62.1. The summed E-state index contributed by atoms with van der Waals surface area (Å²) in [6, 6.07) is -0.545. The molecule has 1 N–H and O–H groups in total. The normalized spacial score (nSPS) is 27.1. The summed E-state index contributed by atoms with van der Waals surface area (Å²) in [6.07, 6.45) is 0.361. The lowest BCUT2D eigenvalue weighted by Crippen LogP contribution is -2.35. The highest BCUT2D eigenvalue weighted by atomic mass is 32.2. The van der Waals surface area contributed by atoms with Gasteiger partial charge in [-0.05, 0) is 12.5 Å². The molecule has 2 unspecified atom stereocenters. The molecular formula is C9H10F3NO5S. The predicted octanol–water partition coefficient (Wildman–Crippen LogP) is 1.51. The van der Waals surface area contributed by atoms with Crippen LogP contribution < -0.4 is 0 Å². The number of hydrogen-bond donors (Lipinski definition) is 1. The second-order valence-electron chi connectivity index (χ2n) is 4.32. The van der Waals surface area contributed by atoms with Crippen molar-refractivity contribution in [2.45, 2.75) is 24.4 Å². The number of fused-ring (bicyclic) bond motifs is 1. The molecule has 1 saturated heterocycles. The van der Waals surface area contributed by atoms with Crippen molar-refractivity contribution in [3.63, 3.8) is 0 Å². The van der Waals surface area contributed by atoms with Gasteiger partial charge in [0.25, 0.3) is 0 Å². The standard InChI is InChI=1S/C9H10F3NO5S/c10-9(11,12)19(16,17)18-6-3-5-1-2-13(8(14)15)7(5)4-6/h3,5,7H,1-2,4H2,(H,14,15). The minimum Gasteiger partial charge on any atom is -0.465 e. The largest absolute Gasteiger partial charge is 0.534 e. The maximum absolute atomic E-state index is 12.1. The van der Waals surface area contributed by atoms with Gasteiger partial charge in [-0.2, -0.15) is 21.6 Å². The number of carbonyl (C=O) groups is 1. The number of amides is 1. The first-order valence-corrected chi connectivity index (χ1v) is 6.73. The molecule has 19 heavy (non-hydrogen) atoms. The Bertz CT molecular complexity index is 526. The first-order valence-electron chi connectivity index (χ1n) is 5.33. The average Bonchev–Trinajstić information content (AvgIpc) is 2.72. The molecule has 0 radical (unpaired) electrons. The topological polar surface area (TPSA) is 83.9 Å². The summed E-state index contributed by atoms with van der Waals surface area (Å²) in [4.78, 5) is 11.9. The quantitative estimate of drug-likeness (QED) is 0.617. The molecule has 1 aliphatic heterocycles. The molecule has 6 nitrogen and oxygen atoms in total. The fourth-order valence-corrected chi connectivity index (χ4v) is 2.83. The molecule has 2 aliphatic rings. The van der Waals surface area contributed by atoms with Crippen LogP contribution in [0.5, 0.6) is 0 Å². The molecular weight excluding hydrogens is 291 g/mol. The van der Waals surface area contributed by atoms with Gasteiger partial charge in [-0.15, -0.1) is 0 Å². The van der Waals surface area contributed by atoms with E-state index < -0.39 is 27.8 Å². The van der Waals surface area contributed by atoms with E-state index in [-0.39, 0.29) is 24.6 Å². The van der Waals surface area contributed by atoms with Gasteiger partial charge in [0.2, 0.25) is 0 Å². The molecule has 0 aromatic heterocycles. The maximum atomic E-state index is 12.1. The molecule has 10 heteroatoms. The van der Waals surface area contributed by atoms with Crippen LogP contribution in [0.3, 0.4) is 0 Å². The van der Waals surface area contributed by atoms with Gasteiger partial charge < -0.3 is 14.2 Å². The highest BCUT2D eigenvalue weighted by Crippen LogP contribution is 2.39. The predicted molar refractivity (Wildman–Crippen MR) is 55.4 cm³/mol. The maximum Gasteiger partial charge on any atom is 0.534 e. The van der Waals surface area contributed by atoms with E-state index in [1.165, 1.54) is 6.08 Å². The Balaban J connectivity index is 2.09. The number of alkyl halides is 3. The smallest absolute Gasteiger partial charge is 0.465 e. The number of hydrogen-bond acceptors (Lipinski definition) is 4. The van der Waals surface area contributed by atoms with Crippen LogP contribution in [0.25, 0.3) is 0 Å². The molecule has 2 rings (SSSR count). The highest BCUT2D eigenvalue weighted by molar-refractivity contribution is 7.87. The van der Waals surface area contributed by atoms with Gasteiger partial charge in [0.05, 0.1) is 0 Å². The van der Waals surface area contributed by atoms with Gasteiger partial charge in [-0.1, -0.05) is 0 Å². The van der Waals surface area contributed by atoms with Crippen molar-refractivity contribution in [2.75, 3.05) is 6.54 Å². The van der Waals surface area contributed by atoms with E-state index in [0.717, 1.165) is 4.90 Å². The lowest BCUT2D eigenvalue weighted by molar-refractivity contribution is -0.0523. The van der Waals surface area contributed by atoms with Crippen LogP contribution in [0, 0.1) is 5.92 Å². The zero-order valence-electron chi connectivity index (χ0n) is 9.42. The van der Waals surface area contributed by atoms with E-state index >= 15 is 0 Å². The Kier molecular flexibility index (Phi) is 3.15. The molecule has 2 atom stereocenters. The molecule has 0 aromatic rings. The summed E-state index contributed by atoms with van der Waals surface area (Å²) >= 11 is 0. The van der Waals surface area contributed by atoms with Crippen LogP contribution in [-0.2, 0) is 14.3 Å². The van der Waals surface area contributed by atoms with Crippen LogP contribution >= 0.6 is 0 Å². The monoisotopic (exact) mass is 301 g/mol. The third-order valence-corrected chi connectivity index (χ3v) is 4.15. The zero-order valence-corrected chi connectivity index (χ0v) is 10.2. The van der Waals surface area contributed by atoms with Crippen molar-refractivity contribution in [2.24, 2.45) is 5.92 Å². The Morgan fingerprint density at radius 3 is 2.63 bits per heavy atom. The third kappa shape index (κ3) is 2.48. The average molecular weight is 301 g/mol. The van der Waals surface area contributed by atoms with Gasteiger partial charge in [0.15, 0.2) is 0 Å². The Labute approximate surface area is 106 Å². The van der Waals surface area contributed by atoms with Crippen molar-refractivity contribution >= 4 is 16.2 Å². The minimum absolute atomic E-state index is 0.160. The molecule has 1 fully saturated rings. The molecule has 0 spiro atoms. The molecule has 0 aromatic carbocycles. The first kappa shape index (κ1) is 14.0. The molecule has 1 amide bonds. The molecule has 1 aliphatic carbocycles. The van der Waals surface area contributed by atoms with Crippen LogP contribution in [0.15, 0.2) is 11.8 Å². The van der Waals surface area contributed by atoms with Crippen molar-refractivity contribution in [3.8, 4) is 0 Å². The number of likely N-dealkylation sites (tertiary alicyclic amines) is 1. The number of carboxylic acid groups (broad SMARTS) is 1. The van der Waals surface area contributed by atoms with Gasteiger partial charge in [-0.3, -0.25) is 0 Å². The van der Waals surface area contributed by atoms with Crippen LogP contribution in [0.1, 0.15) is 12.8 Å². The van der Waals surface area contributed by atoms with Crippen molar-refractivity contribution in [1.82, 2.24) is 4.90 Å². The summed E-state index contributed by atoms with van der Waals surface area (Å²) in [5.74, 6) is -0.646. The third-order valence-electron chi connectivity index (χ3n) is 3.15. The van der Waals surface area contributed by atoms with E-state index in [4.69, 9.17) is 5.11 Å². The van der Waals surface area contributed by atoms with Crippen molar-refractivity contribution < 1.29 is 35.7 Å². The van der Waals surface area contributed by atoms with Crippen LogP contribution in [-0.4, -0.2) is 42.6 Å². The van der Waals surface area contributed by atoms with E-state index in [2.05, 4.69) is 4.18 Å². The van der Waals surface area contributed by atoms with Crippen molar-refractivity contribution in [3.05, 3.63) is 11.8 Å². The lowest BCUT2D eigenvalue weighted by atomic mass is 10.1. The Hall–Kier alpha value is -1.45. The molecule has 0 bridgehead atoms. The zero-order chi connectivity index (χ0) is 14.4. The molecule has 0 saturated carbocycles.